The Morgan fingerprint density at radius 2 is 1.50 bits per heavy atom. The molecule has 0 rings (SSSR count). The van der Waals surface area contributed by atoms with Gasteiger partial charge in [-0.25, -0.2) is 4.79 Å². The zero-order chi connectivity index (χ0) is 21.9. The first-order chi connectivity index (χ1) is 13.1. The Morgan fingerprint density at radius 3 is 1.93 bits per heavy atom. The van der Waals surface area contributed by atoms with Gasteiger partial charge in [-0.2, -0.15) is 24.4 Å². The molecule has 0 bridgehead atoms. The average molecular weight is 439 g/mol. The Kier molecular flexibility index (Phi) is 12.9. The molecule has 162 valence electrons. The fraction of sp³-hybridized carbons (Fsp3) is 0.750. The Labute approximate surface area is 174 Å². The third-order valence-corrected chi connectivity index (χ3v) is 4.89. The molecule has 0 aromatic heterocycles. The van der Waals surface area contributed by atoms with Crippen molar-refractivity contribution in [3.63, 3.8) is 0 Å². The van der Waals surface area contributed by atoms with Crippen LogP contribution in [0.25, 0.3) is 0 Å². The van der Waals surface area contributed by atoms with Gasteiger partial charge < -0.3 is 31.9 Å². The first-order valence-electron chi connectivity index (χ1n) is 8.69. The molecule has 0 aliphatic heterocycles. The number of nitrogens with two attached hydrogens (primary N) is 1. The number of thioether (sulfide) groups is 1. The maximum absolute atomic E-state index is 12.3. The van der Waals surface area contributed by atoms with Crippen molar-refractivity contribution < 1.29 is 29.4 Å². The highest BCUT2D eigenvalue weighted by Gasteiger charge is 2.29. The highest BCUT2D eigenvalue weighted by Crippen LogP contribution is 2.03. The number of aliphatic hydroxyl groups excluding tert-OH is 1. The third kappa shape index (κ3) is 9.13. The monoisotopic (exact) mass is 438 g/mol. The van der Waals surface area contributed by atoms with Gasteiger partial charge in [-0.1, -0.05) is 13.8 Å². The topological polar surface area (TPSA) is 171 Å². The Hall–Kier alpha value is -1.50. The van der Waals surface area contributed by atoms with E-state index in [4.69, 9.17) is 5.73 Å². The van der Waals surface area contributed by atoms with Gasteiger partial charge in [0.15, 0.2) is 0 Å². The number of rotatable bonds is 13. The molecule has 4 atom stereocenters. The summed E-state index contributed by atoms with van der Waals surface area (Å²) in [7, 11) is 0. The van der Waals surface area contributed by atoms with Crippen LogP contribution in [0.15, 0.2) is 0 Å². The van der Waals surface area contributed by atoms with E-state index >= 15 is 0 Å². The van der Waals surface area contributed by atoms with E-state index in [9.17, 15) is 29.4 Å². The lowest BCUT2D eigenvalue weighted by atomic mass is 10.0. The summed E-state index contributed by atoms with van der Waals surface area (Å²) < 4.78 is 0. The Balaban J connectivity index is 4.95. The summed E-state index contributed by atoms with van der Waals surface area (Å²) in [4.78, 5) is 47.8. The van der Waals surface area contributed by atoms with E-state index in [2.05, 4.69) is 28.6 Å². The minimum absolute atomic E-state index is 0.107. The molecule has 0 aliphatic rings. The number of aliphatic hydroxyl groups is 1. The van der Waals surface area contributed by atoms with Crippen LogP contribution in [0.3, 0.4) is 0 Å². The number of aliphatic carboxylic acids is 1. The molecule has 3 amide bonds. The molecule has 0 radical (unpaired) electrons. The molecular weight excluding hydrogens is 408 g/mol. The molecule has 0 aromatic carbocycles. The molecule has 0 fully saturated rings. The number of carbonyl (C=O) groups is 4. The van der Waals surface area contributed by atoms with Crippen LogP contribution in [0.5, 0.6) is 0 Å². The lowest BCUT2D eigenvalue weighted by molar-refractivity contribution is -0.142. The van der Waals surface area contributed by atoms with Gasteiger partial charge in [0.25, 0.3) is 0 Å². The van der Waals surface area contributed by atoms with Gasteiger partial charge in [0.05, 0.1) is 12.6 Å². The van der Waals surface area contributed by atoms with Crippen LogP contribution in [-0.2, 0) is 19.2 Å². The van der Waals surface area contributed by atoms with Gasteiger partial charge in [0.1, 0.15) is 18.1 Å². The van der Waals surface area contributed by atoms with Crippen LogP contribution in [0.1, 0.15) is 20.3 Å². The van der Waals surface area contributed by atoms with Crippen LogP contribution < -0.4 is 21.7 Å². The second-order valence-corrected chi connectivity index (χ2v) is 7.79. The predicted molar refractivity (Wildman–Crippen MR) is 110 cm³/mol. The van der Waals surface area contributed by atoms with E-state index in [1.54, 1.807) is 13.8 Å². The van der Waals surface area contributed by atoms with Crippen LogP contribution in [0.4, 0.5) is 0 Å². The zero-order valence-corrected chi connectivity index (χ0v) is 17.9. The zero-order valence-electron chi connectivity index (χ0n) is 16.2. The number of carboxylic acid groups (broad SMARTS) is 1. The van der Waals surface area contributed by atoms with Crippen molar-refractivity contribution in [2.75, 3.05) is 24.4 Å². The Bertz CT molecular complexity index is 549. The van der Waals surface area contributed by atoms with E-state index in [0.29, 0.717) is 5.75 Å². The van der Waals surface area contributed by atoms with E-state index in [1.807, 2.05) is 6.26 Å². The summed E-state index contributed by atoms with van der Waals surface area (Å²) in [5.74, 6) is -3.08. The number of hydrogen-bond acceptors (Lipinski definition) is 8. The van der Waals surface area contributed by atoms with Crippen molar-refractivity contribution in [2.45, 2.75) is 44.4 Å². The molecule has 0 saturated carbocycles. The SMILES string of the molecule is CSCCC(NC(=O)C(CS)NC(=O)C(CO)NC(=O)C(N)C(C)C)C(=O)O. The second kappa shape index (κ2) is 13.6. The maximum atomic E-state index is 12.3. The van der Waals surface area contributed by atoms with Crippen LogP contribution >= 0.6 is 24.4 Å². The van der Waals surface area contributed by atoms with Crippen molar-refractivity contribution in [3.05, 3.63) is 0 Å². The third-order valence-electron chi connectivity index (χ3n) is 3.88. The van der Waals surface area contributed by atoms with E-state index in [1.165, 1.54) is 11.8 Å². The maximum Gasteiger partial charge on any atom is 0.326 e. The lowest BCUT2D eigenvalue weighted by Crippen LogP contribution is -2.59. The largest absolute Gasteiger partial charge is 0.480 e. The van der Waals surface area contributed by atoms with Crippen molar-refractivity contribution in [2.24, 2.45) is 11.7 Å². The van der Waals surface area contributed by atoms with E-state index in [-0.39, 0.29) is 18.1 Å². The van der Waals surface area contributed by atoms with Gasteiger partial charge in [-0.05, 0) is 24.3 Å². The number of carboxylic acids is 1. The molecule has 12 heteroatoms. The summed E-state index contributed by atoms with van der Waals surface area (Å²) in [6.45, 7) is 2.76. The molecule has 0 heterocycles. The molecule has 7 N–H and O–H groups in total. The van der Waals surface area contributed by atoms with Gasteiger partial charge in [-0.15, -0.1) is 0 Å². The lowest BCUT2D eigenvalue weighted by Gasteiger charge is -2.24. The number of hydrogen-bond donors (Lipinski definition) is 7. The Morgan fingerprint density at radius 1 is 1.00 bits per heavy atom. The molecule has 4 unspecified atom stereocenters. The molecule has 10 nitrogen and oxygen atoms in total. The summed E-state index contributed by atoms with van der Waals surface area (Å²) in [6, 6.07) is -4.41. The molecule has 0 saturated heterocycles. The smallest absolute Gasteiger partial charge is 0.326 e. The van der Waals surface area contributed by atoms with Crippen LogP contribution in [-0.4, -0.2) is 82.4 Å². The summed E-state index contributed by atoms with van der Waals surface area (Å²) in [5.41, 5.74) is 5.70. The first-order valence-corrected chi connectivity index (χ1v) is 10.7. The van der Waals surface area contributed by atoms with Gasteiger partial charge in [-0.3, -0.25) is 14.4 Å². The van der Waals surface area contributed by atoms with E-state index < -0.39 is 54.5 Å². The standard InChI is InChI=1S/C16H30N4O6S2/c1-8(2)12(17)15(24)19-10(6-21)13(22)20-11(7-27)14(23)18-9(16(25)26)4-5-28-3/h8-12,21,27H,4-7,17H2,1-3H3,(H,18,23)(H,19,24)(H,20,22)(H,25,26). The normalized spacial score (nSPS) is 15.2. The van der Waals surface area contributed by atoms with Crippen molar-refractivity contribution in [3.8, 4) is 0 Å². The predicted octanol–water partition coefficient (Wildman–Crippen LogP) is -1.82. The number of amides is 3. The molecule has 0 aliphatic carbocycles. The van der Waals surface area contributed by atoms with Crippen molar-refractivity contribution in [1.29, 1.82) is 0 Å². The van der Waals surface area contributed by atoms with Crippen LogP contribution in [0.2, 0.25) is 0 Å². The highest BCUT2D eigenvalue weighted by atomic mass is 32.2. The molecule has 0 spiro atoms. The fourth-order valence-corrected chi connectivity index (χ4v) is 2.73. The number of nitrogens with one attached hydrogen (secondary N) is 3. The summed E-state index contributed by atoms with van der Waals surface area (Å²) in [6.07, 6.45) is 2.03. The first kappa shape index (κ1) is 26.5. The van der Waals surface area contributed by atoms with Crippen LogP contribution in [0, 0.1) is 5.92 Å². The molecular formula is C16H30N4O6S2. The van der Waals surface area contributed by atoms with Gasteiger partial charge in [0, 0.05) is 5.75 Å². The number of carbonyl (C=O) groups excluding carboxylic acids is 3. The summed E-state index contributed by atoms with van der Waals surface area (Å²) in [5, 5.41) is 25.6. The number of thiol groups is 1. The molecule has 0 aromatic rings. The van der Waals surface area contributed by atoms with E-state index in [0.717, 1.165) is 0 Å². The average Bonchev–Trinajstić information content (AvgIpc) is 2.65. The highest BCUT2D eigenvalue weighted by molar-refractivity contribution is 7.98. The second-order valence-electron chi connectivity index (χ2n) is 6.44. The van der Waals surface area contributed by atoms with Gasteiger partial charge >= 0.3 is 5.97 Å². The van der Waals surface area contributed by atoms with Crippen molar-refractivity contribution in [1.82, 2.24) is 16.0 Å². The minimum atomic E-state index is -1.31. The molecule has 28 heavy (non-hydrogen) atoms. The quantitative estimate of drug-likeness (QED) is 0.165. The fourth-order valence-electron chi connectivity index (χ4n) is 2.00. The minimum Gasteiger partial charge on any atom is -0.480 e. The van der Waals surface area contributed by atoms with Gasteiger partial charge in [0.2, 0.25) is 17.7 Å². The summed E-state index contributed by atoms with van der Waals surface area (Å²) >= 11 is 5.44. The van der Waals surface area contributed by atoms with Crippen molar-refractivity contribution >= 4 is 48.1 Å².